The van der Waals surface area contributed by atoms with E-state index >= 15 is 4.79 Å². The summed E-state index contributed by atoms with van der Waals surface area (Å²) >= 11 is 1.52. The molecule has 3 aromatic carbocycles. The number of aromatic hydroxyl groups is 1. The summed E-state index contributed by atoms with van der Waals surface area (Å²) in [5, 5.41) is 28.9. The third-order valence-corrected chi connectivity index (χ3v) is 14.7. The van der Waals surface area contributed by atoms with Crippen molar-refractivity contribution < 1.29 is 43.5 Å². The molecule has 11 rings (SSSR count). The molecule has 1 aromatic heterocycles. The van der Waals surface area contributed by atoms with Crippen LogP contribution >= 0.6 is 11.8 Å². The average Bonchev–Trinajstić information content (AvgIpc) is 3.82. The summed E-state index contributed by atoms with van der Waals surface area (Å²) < 4.78 is 30.8. The molecule has 4 aromatic rings. The van der Waals surface area contributed by atoms with Crippen molar-refractivity contribution in [3.63, 3.8) is 0 Å². The number of aromatic amines is 1. The first-order valence-electron chi connectivity index (χ1n) is 19.5. The van der Waals surface area contributed by atoms with E-state index in [1.54, 1.807) is 7.11 Å². The molecule has 0 radical (unpaired) electrons. The highest BCUT2D eigenvalue weighted by Crippen LogP contribution is 2.64. The van der Waals surface area contributed by atoms with E-state index in [9.17, 15) is 15.0 Å². The number of likely N-dealkylation sites (N-methyl/N-ethyl adjacent to an activating group) is 1. The number of hydrogen-bond donors (Lipinski definition) is 5. The van der Waals surface area contributed by atoms with Crippen LogP contribution in [0.5, 0.6) is 28.7 Å². The quantitative estimate of drug-likeness (QED) is 0.149. The van der Waals surface area contributed by atoms with Gasteiger partial charge in [-0.1, -0.05) is 17.7 Å². The molecule has 2 saturated heterocycles. The number of H-pyrrole nitrogens is 1. The zero-order chi connectivity index (χ0) is 39.8. The van der Waals surface area contributed by atoms with Crippen LogP contribution < -0.4 is 30.0 Å². The van der Waals surface area contributed by atoms with Crippen molar-refractivity contribution in [2.45, 2.75) is 87.8 Å². The lowest BCUT2D eigenvalue weighted by molar-refractivity contribution is -0.186. The number of carbonyl (C=O) groups excluding carboxylic acids is 2. The summed E-state index contributed by atoms with van der Waals surface area (Å²) in [7, 11) is 3.53. The highest BCUT2D eigenvalue weighted by Gasteiger charge is 2.62. The van der Waals surface area contributed by atoms with Gasteiger partial charge in [-0.25, -0.2) is 4.79 Å². The number of methoxy groups -OCH3 is 1. The molecular weight excluding hydrogens is 751 g/mol. The minimum absolute atomic E-state index is 0.0486. The fourth-order valence-corrected chi connectivity index (χ4v) is 12.5. The number of rotatable bonds is 3. The van der Waals surface area contributed by atoms with Crippen molar-refractivity contribution in [3.8, 4) is 28.7 Å². The van der Waals surface area contributed by atoms with Crippen LogP contribution in [0.1, 0.15) is 74.5 Å². The van der Waals surface area contributed by atoms with Gasteiger partial charge in [-0.2, -0.15) is 0 Å². The van der Waals surface area contributed by atoms with Gasteiger partial charge in [0.1, 0.15) is 18.6 Å². The molecular formula is C42H47N5O9S. The number of nitrogens with two attached hydrogens (primary N) is 1. The topological polar surface area (TPSA) is 181 Å². The maximum absolute atomic E-state index is 15.0. The second-order valence-corrected chi connectivity index (χ2v) is 17.5. The maximum Gasteiger partial charge on any atom is 0.333 e. The molecule has 6 N–H and O–H groups in total. The van der Waals surface area contributed by atoms with E-state index in [2.05, 4.69) is 28.2 Å². The van der Waals surface area contributed by atoms with Crippen molar-refractivity contribution in [2.75, 3.05) is 39.9 Å². The van der Waals surface area contributed by atoms with Crippen molar-refractivity contribution in [1.29, 1.82) is 0 Å². The van der Waals surface area contributed by atoms with E-state index in [-0.39, 0.29) is 37.0 Å². The van der Waals surface area contributed by atoms with Gasteiger partial charge < -0.3 is 44.6 Å². The number of esters is 2. The Morgan fingerprint density at radius 2 is 1.88 bits per heavy atom. The van der Waals surface area contributed by atoms with Crippen LogP contribution in [0, 0.1) is 20.8 Å². The lowest BCUT2D eigenvalue weighted by atomic mass is 9.73. The Morgan fingerprint density at radius 1 is 1.09 bits per heavy atom. The fourth-order valence-electron chi connectivity index (χ4n) is 10.9. The first-order valence-corrected chi connectivity index (χ1v) is 20.5. The first kappa shape index (κ1) is 36.8. The molecule has 14 nitrogen and oxygen atoms in total. The molecule has 0 amide bonds. The van der Waals surface area contributed by atoms with Gasteiger partial charge in [0.05, 0.1) is 36.2 Å². The van der Waals surface area contributed by atoms with Crippen LogP contribution in [-0.2, 0) is 32.7 Å². The van der Waals surface area contributed by atoms with Crippen LogP contribution in [0.4, 0.5) is 0 Å². The van der Waals surface area contributed by atoms with Gasteiger partial charge in [-0.3, -0.25) is 19.9 Å². The normalized spacial score (nSPS) is 30.0. The minimum Gasteiger partial charge on any atom is -0.504 e. The Morgan fingerprint density at radius 3 is 2.63 bits per heavy atom. The Kier molecular flexibility index (Phi) is 8.39. The van der Waals surface area contributed by atoms with Gasteiger partial charge in [0.15, 0.2) is 28.5 Å². The SMILES string of the molecule is COc1c(C)cc2c(c1O)[C@H]1[C@@H]3[C@@H]4SC[C@]5(N[C@H](CN)Cc6c5[nH]c5ccc(C)cc65)C(=O)OC[C@@H](c5c6c(c(C)c(OC(C)=O)c54)OCO6)N3[C@@H](O)[C@H](C2)N1C. The number of ether oxygens (including phenoxy) is 5. The number of phenolic OH excluding ortho intramolecular Hbond substituents is 1. The van der Waals surface area contributed by atoms with Gasteiger partial charge in [-0.05, 0) is 69.5 Å². The van der Waals surface area contributed by atoms with Crippen molar-refractivity contribution in [3.05, 3.63) is 74.5 Å². The summed E-state index contributed by atoms with van der Waals surface area (Å²) in [5.74, 6) is 0.936. The molecule has 1 spiro atoms. The van der Waals surface area contributed by atoms with E-state index in [1.165, 1.54) is 18.7 Å². The highest BCUT2D eigenvalue weighted by atomic mass is 32.2. The number of aliphatic hydroxyl groups excluding tert-OH is 1. The average molecular weight is 798 g/mol. The van der Waals surface area contributed by atoms with Crippen LogP contribution in [-0.4, -0.2) is 101 Å². The minimum atomic E-state index is -1.35. The number of fused-ring (bicyclic) bond motifs is 11. The number of phenols is 1. The molecule has 0 aliphatic carbocycles. The van der Waals surface area contributed by atoms with Gasteiger partial charge in [0, 0.05) is 64.5 Å². The lowest BCUT2D eigenvalue weighted by Gasteiger charge is -2.62. The number of thioether (sulfide) groups is 1. The fraction of sp³-hybridized carbons (Fsp3) is 0.476. The zero-order valence-corrected chi connectivity index (χ0v) is 33.5. The lowest BCUT2D eigenvalue weighted by Crippen LogP contribution is -2.70. The number of benzene rings is 3. The number of aromatic nitrogens is 1. The second-order valence-electron chi connectivity index (χ2n) is 16.4. The smallest absolute Gasteiger partial charge is 0.333 e. The first-order chi connectivity index (χ1) is 27.4. The molecule has 8 atom stereocenters. The van der Waals surface area contributed by atoms with Gasteiger partial charge in [0.2, 0.25) is 6.79 Å². The molecule has 0 saturated carbocycles. The molecule has 2 fully saturated rings. The standard InChI is InChI=1S/C42H47N5O9S/c1-17-7-8-25-23(9-17)24-12-22(13-43)45-42(39(24)44-25)15-57-38-30-29(37-36(54-16-55-37)19(3)35(30)56-20(4)48)27(14-53-41(42)51)47-32(38)31-28-21(11-26(40(47)50)46(31)5)10-18(2)34(52-6)33(28)49/h7-10,22,26-27,31-32,38,40,44-45,49-50H,11-16,43H2,1-6H3/t22-,26-,27-,31-,32+,38+,40-,42+/m0/s1. The maximum atomic E-state index is 15.0. The third kappa shape index (κ3) is 5.02. The summed E-state index contributed by atoms with van der Waals surface area (Å²) in [4.78, 5) is 35.9. The van der Waals surface area contributed by atoms with E-state index < -0.39 is 47.1 Å². The number of aryl methyl sites for hydroxylation is 2. The van der Waals surface area contributed by atoms with Crippen molar-refractivity contribution >= 4 is 34.6 Å². The van der Waals surface area contributed by atoms with Crippen molar-refractivity contribution in [2.24, 2.45) is 5.73 Å². The number of carbonyl (C=O) groups is 2. The summed E-state index contributed by atoms with van der Waals surface area (Å²) in [5.41, 5.74) is 13.2. The summed E-state index contributed by atoms with van der Waals surface area (Å²) in [6, 6.07) is 5.86. The summed E-state index contributed by atoms with van der Waals surface area (Å²) in [6.45, 7) is 7.25. The molecule has 8 heterocycles. The molecule has 0 unspecified atom stereocenters. The third-order valence-electron chi connectivity index (χ3n) is 13.3. The van der Waals surface area contributed by atoms with E-state index in [0.717, 1.165) is 38.9 Å². The number of piperazine rings is 1. The number of nitrogens with zero attached hydrogens (tertiary/aromatic N) is 2. The van der Waals surface area contributed by atoms with Gasteiger partial charge >= 0.3 is 11.9 Å². The predicted octanol–water partition coefficient (Wildman–Crippen LogP) is 3.82. The molecule has 7 aliphatic heterocycles. The Labute approximate surface area is 333 Å². The molecule has 7 aliphatic rings. The van der Waals surface area contributed by atoms with Gasteiger partial charge in [-0.15, -0.1) is 11.8 Å². The van der Waals surface area contributed by atoms with Crippen LogP contribution in [0.2, 0.25) is 0 Å². The Bertz CT molecular complexity index is 2400. The zero-order valence-electron chi connectivity index (χ0n) is 32.7. The van der Waals surface area contributed by atoms with Crippen LogP contribution in [0.25, 0.3) is 10.9 Å². The number of nitrogens with one attached hydrogen (secondary N) is 2. The molecule has 15 heteroatoms. The second kappa shape index (κ2) is 13.0. The van der Waals surface area contributed by atoms with Crippen molar-refractivity contribution in [1.82, 2.24) is 20.1 Å². The molecule has 4 bridgehead atoms. The van der Waals surface area contributed by atoms with E-state index in [0.29, 0.717) is 64.6 Å². The number of aliphatic hydroxyl groups is 1. The Balaban J connectivity index is 1.24. The molecule has 57 heavy (non-hydrogen) atoms. The number of hydrogen-bond acceptors (Lipinski definition) is 14. The predicted molar refractivity (Wildman–Crippen MR) is 211 cm³/mol. The van der Waals surface area contributed by atoms with Crippen LogP contribution in [0.15, 0.2) is 24.3 Å². The highest BCUT2D eigenvalue weighted by molar-refractivity contribution is 7.99. The van der Waals surface area contributed by atoms with E-state index in [1.807, 2.05) is 44.0 Å². The van der Waals surface area contributed by atoms with E-state index in [4.69, 9.17) is 29.4 Å². The van der Waals surface area contributed by atoms with Crippen LogP contribution in [0.3, 0.4) is 0 Å². The monoisotopic (exact) mass is 797 g/mol. The Hall–Kier alpha value is -4.51. The van der Waals surface area contributed by atoms with Gasteiger partial charge in [0.25, 0.3) is 0 Å². The summed E-state index contributed by atoms with van der Waals surface area (Å²) in [6.07, 6.45) is 0.0526. The largest absolute Gasteiger partial charge is 0.504 e. The molecule has 300 valence electrons.